The highest BCUT2D eigenvalue weighted by molar-refractivity contribution is 7.89. The van der Waals surface area contributed by atoms with Crippen LogP contribution in [0.3, 0.4) is 0 Å². The second kappa shape index (κ2) is 8.06. The van der Waals surface area contributed by atoms with E-state index >= 15 is 0 Å². The lowest BCUT2D eigenvalue weighted by molar-refractivity contribution is 0.0272. The van der Waals surface area contributed by atoms with Gasteiger partial charge in [0, 0.05) is 18.0 Å². The molecule has 1 aliphatic heterocycles. The van der Waals surface area contributed by atoms with Crippen LogP contribution in [0, 0.1) is 6.92 Å². The molecule has 3 aromatic heterocycles. The van der Waals surface area contributed by atoms with E-state index in [9.17, 15) is 13.2 Å². The molecule has 1 aliphatic rings. The summed E-state index contributed by atoms with van der Waals surface area (Å²) in [5.41, 5.74) is 0. The molecule has 12 heteroatoms. The van der Waals surface area contributed by atoms with Crippen LogP contribution in [0.4, 0.5) is 0 Å². The molecule has 4 rings (SSSR count). The summed E-state index contributed by atoms with van der Waals surface area (Å²) in [5.74, 6) is 0.176. The number of sulfonamides is 1. The van der Waals surface area contributed by atoms with Crippen LogP contribution >= 0.6 is 11.3 Å². The van der Waals surface area contributed by atoms with Gasteiger partial charge in [0.25, 0.3) is 0 Å². The largest absolute Gasteiger partial charge is 0.468 e. The Morgan fingerprint density at radius 3 is 2.86 bits per heavy atom. The van der Waals surface area contributed by atoms with Crippen LogP contribution in [0.25, 0.3) is 10.7 Å². The normalized spacial score (nSPS) is 15.0. The van der Waals surface area contributed by atoms with Crippen LogP contribution in [-0.4, -0.2) is 55.7 Å². The molecule has 0 saturated carbocycles. The summed E-state index contributed by atoms with van der Waals surface area (Å²) in [7, 11) is -3.76. The number of ether oxygens (including phenoxy) is 1. The Morgan fingerprint density at radius 1 is 1.34 bits per heavy atom. The van der Waals surface area contributed by atoms with Gasteiger partial charge in [-0.1, -0.05) is 5.16 Å². The molecule has 154 valence electrons. The summed E-state index contributed by atoms with van der Waals surface area (Å²) >= 11 is 1.21. The summed E-state index contributed by atoms with van der Waals surface area (Å²) in [6.07, 6.45) is 1.48. The number of aryl methyl sites for hydroxylation is 1. The van der Waals surface area contributed by atoms with Crippen molar-refractivity contribution in [2.45, 2.75) is 18.4 Å². The summed E-state index contributed by atoms with van der Waals surface area (Å²) in [5, 5.41) is 3.84. The van der Waals surface area contributed by atoms with E-state index in [4.69, 9.17) is 13.7 Å². The fourth-order valence-electron chi connectivity index (χ4n) is 2.81. The van der Waals surface area contributed by atoms with Crippen molar-refractivity contribution in [2.75, 3.05) is 26.3 Å². The van der Waals surface area contributed by atoms with Gasteiger partial charge in [0.2, 0.25) is 15.8 Å². The highest BCUT2D eigenvalue weighted by Gasteiger charge is 2.26. The van der Waals surface area contributed by atoms with E-state index in [-0.39, 0.29) is 29.1 Å². The first kappa shape index (κ1) is 19.8. The molecule has 1 amide bonds. The second-order valence-electron chi connectivity index (χ2n) is 6.26. The lowest BCUT2D eigenvalue weighted by Crippen LogP contribution is -2.40. The van der Waals surface area contributed by atoms with E-state index in [0.717, 1.165) is 0 Å². The zero-order valence-corrected chi connectivity index (χ0v) is 17.1. The maximum absolute atomic E-state index is 12.6. The molecule has 0 bridgehead atoms. The molecule has 0 unspecified atom stereocenters. The Labute approximate surface area is 170 Å². The first-order chi connectivity index (χ1) is 13.9. The molecule has 0 aliphatic carbocycles. The first-order valence-electron chi connectivity index (χ1n) is 8.77. The second-order valence-corrected chi connectivity index (χ2v) is 9.25. The van der Waals surface area contributed by atoms with Gasteiger partial charge in [0.1, 0.15) is 5.76 Å². The van der Waals surface area contributed by atoms with Crippen molar-refractivity contribution in [3.05, 3.63) is 41.0 Å². The number of carbonyl (C=O) groups excluding carboxylic acids is 1. The van der Waals surface area contributed by atoms with Crippen LogP contribution in [0.15, 0.2) is 38.3 Å². The molecular formula is C17H18N4O6S2. The number of hydrogen-bond donors (Lipinski definition) is 1. The number of nitrogens with one attached hydrogen (secondary N) is 1. The number of furan rings is 1. The fraction of sp³-hybridized carbons (Fsp3) is 0.353. The zero-order valence-electron chi connectivity index (χ0n) is 15.5. The number of nitrogens with zero attached hydrogens (tertiary/aromatic N) is 3. The SMILES string of the molecule is Cc1sc(-c2noc(C(=O)N3CCOCC3)n2)cc1S(=O)(=O)NCc1ccco1. The predicted molar refractivity (Wildman–Crippen MR) is 102 cm³/mol. The monoisotopic (exact) mass is 438 g/mol. The number of amides is 1. The van der Waals surface area contributed by atoms with Gasteiger partial charge in [-0.15, -0.1) is 11.3 Å². The Hall–Kier alpha value is -2.54. The van der Waals surface area contributed by atoms with Gasteiger partial charge in [-0.25, -0.2) is 13.1 Å². The van der Waals surface area contributed by atoms with Crippen molar-refractivity contribution < 1.29 is 26.9 Å². The van der Waals surface area contributed by atoms with Gasteiger partial charge in [-0.05, 0) is 25.1 Å². The number of carbonyl (C=O) groups is 1. The topological polar surface area (TPSA) is 128 Å². The van der Waals surface area contributed by atoms with Crippen LogP contribution in [-0.2, 0) is 21.3 Å². The van der Waals surface area contributed by atoms with Gasteiger partial charge >= 0.3 is 11.8 Å². The van der Waals surface area contributed by atoms with Crippen LogP contribution in [0.2, 0.25) is 0 Å². The zero-order chi connectivity index (χ0) is 20.4. The summed E-state index contributed by atoms with van der Waals surface area (Å²) in [4.78, 5) is 19.3. The molecular weight excluding hydrogens is 420 g/mol. The lowest BCUT2D eigenvalue weighted by Gasteiger charge is -2.25. The van der Waals surface area contributed by atoms with Crippen molar-refractivity contribution in [1.29, 1.82) is 0 Å². The van der Waals surface area contributed by atoms with Gasteiger partial charge in [-0.2, -0.15) is 4.98 Å². The van der Waals surface area contributed by atoms with E-state index in [2.05, 4.69) is 14.9 Å². The minimum absolute atomic E-state index is 0.0420. The summed E-state index contributed by atoms with van der Waals surface area (Å²) < 4.78 is 43.2. The van der Waals surface area contributed by atoms with E-state index in [1.54, 1.807) is 24.0 Å². The van der Waals surface area contributed by atoms with E-state index in [0.29, 0.717) is 41.8 Å². The molecule has 1 fully saturated rings. The number of thiophene rings is 1. The molecule has 3 aromatic rings. The third kappa shape index (κ3) is 4.24. The molecule has 29 heavy (non-hydrogen) atoms. The summed E-state index contributed by atoms with van der Waals surface area (Å²) in [6, 6.07) is 4.84. The number of morpholine rings is 1. The quantitative estimate of drug-likeness (QED) is 0.615. The Bertz CT molecular complexity index is 1100. The summed E-state index contributed by atoms with van der Waals surface area (Å²) in [6.45, 7) is 3.57. The standard InChI is InChI=1S/C17H18N4O6S2/c1-11-14(29(23,24)18-10-12-3-2-6-26-12)9-13(28-11)15-19-16(27-20-15)17(22)21-4-7-25-8-5-21/h2-3,6,9,18H,4-5,7-8,10H2,1H3. The van der Waals surface area contributed by atoms with Gasteiger partial charge in [-0.3, -0.25) is 4.79 Å². The average Bonchev–Trinajstić information content (AvgIpc) is 3.47. The van der Waals surface area contributed by atoms with Crippen LogP contribution in [0.5, 0.6) is 0 Å². The molecule has 1 N–H and O–H groups in total. The van der Waals surface area contributed by atoms with Gasteiger partial charge in [0.15, 0.2) is 0 Å². The molecule has 0 aromatic carbocycles. The van der Waals surface area contributed by atoms with E-state index < -0.39 is 10.0 Å². The van der Waals surface area contributed by atoms with Crippen molar-refractivity contribution >= 4 is 27.3 Å². The van der Waals surface area contributed by atoms with E-state index in [1.165, 1.54) is 23.7 Å². The molecule has 4 heterocycles. The maximum atomic E-state index is 12.6. The lowest BCUT2D eigenvalue weighted by atomic mass is 10.4. The van der Waals surface area contributed by atoms with Crippen molar-refractivity contribution in [1.82, 2.24) is 19.8 Å². The van der Waals surface area contributed by atoms with Crippen molar-refractivity contribution in [2.24, 2.45) is 0 Å². The number of hydrogen-bond acceptors (Lipinski definition) is 9. The fourth-order valence-corrected chi connectivity index (χ4v) is 5.32. The van der Waals surface area contributed by atoms with Crippen LogP contribution < -0.4 is 4.72 Å². The van der Waals surface area contributed by atoms with E-state index in [1.807, 2.05) is 0 Å². The Balaban J connectivity index is 1.52. The number of rotatable bonds is 6. The van der Waals surface area contributed by atoms with Crippen molar-refractivity contribution in [3.63, 3.8) is 0 Å². The van der Waals surface area contributed by atoms with Crippen LogP contribution in [0.1, 0.15) is 21.3 Å². The van der Waals surface area contributed by atoms with Gasteiger partial charge < -0.3 is 18.6 Å². The maximum Gasteiger partial charge on any atom is 0.316 e. The number of aromatic nitrogens is 2. The van der Waals surface area contributed by atoms with Gasteiger partial charge in [0.05, 0.1) is 35.8 Å². The predicted octanol–water partition coefficient (Wildman–Crippen LogP) is 1.65. The Kier molecular flexibility index (Phi) is 5.50. The molecule has 10 nitrogen and oxygen atoms in total. The molecule has 1 saturated heterocycles. The Morgan fingerprint density at radius 2 is 2.14 bits per heavy atom. The molecule has 0 spiro atoms. The minimum Gasteiger partial charge on any atom is -0.468 e. The third-order valence-electron chi connectivity index (χ3n) is 4.31. The highest BCUT2D eigenvalue weighted by atomic mass is 32.2. The molecule has 0 atom stereocenters. The molecule has 0 radical (unpaired) electrons. The first-order valence-corrected chi connectivity index (χ1v) is 11.1. The minimum atomic E-state index is -3.76. The highest BCUT2D eigenvalue weighted by Crippen LogP contribution is 2.32. The van der Waals surface area contributed by atoms with Crippen molar-refractivity contribution in [3.8, 4) is 10.7 Å². The average molecular weight is 438 g/mol. The smallest absolute Gasteiger partial charge is 0.316 e. The third-order valence-corrected chi connectivity index (χ3v) is 7.01.